The van der Waals surface area contributed by atoms with Crippen molar-refractivity contribution < 1.29 is 0 Å². The van der Waals surface area contributed by atoms with Gasteiger partial charge in [-0.25, -0.2) is 4.98 Å². The third kappa shape index (κ3) is 3.11. The lowest BCUT2D eigenvalue weighted by Crippen LogP contribution is -2.18. The molecule has 0 bridgehead atoms. The van der Waals surface area contributed by atoms with Gasteiger partial charge in [-0.1, -0.05) is 30.3 Å². The Bertz CT molecular complexity index is 1550. The number of hydrogen-bond acceptors (Lipinski definition) is 3. The van der Waals surface area contributed by atoms with Crippen molar-refractivity contribution in [2.75, 3.05) is 0 Å². The van der Waals surface area contributed by atoms with Crippen LogP contribution < -0.4 is 11.1 Å². The summed E-state index contributed by atoms with van der Waals surface area (Å²) in [6, 6.07) is 13.5. The molecule has 5 aromatic rings. The molecule has 0 unspecified atom stereocenters. The number of rotatable bonds is 3. The number of imidazole rings is 1. The lowest BCUT2D eigenvalue weighted by Gasteiger charge is -2.14. The second kappa shape index (κ2) is 6.98. The third-order valence-electron chi connectivity index (χ3n) is 5.53. The molecule has 0 aliphatic heterocycles. The van der Waals surface area contributed by atoms with Crippen LogP contribution in [0.2, 0.25) is 0 Å². The van der Waals surface area contributed by atoms with Crippen LogP contribution in [-0.4, -0.2) is 24.1 Å². The van der Waals surface area contributed by atoms with Gasteiger partial charge >= 0.3 is 0 Å². The quantitative estimate of drug-likeness (QED) is 0.475. The maximum absolute atomic E-state index is 12.9. The summed E-state index contributed by atoms with van der Waals surface area (Å²) in [4.78, 5) is 36.3. The van der Waals surface area contributed by atoms with Gasteiger partial charge in [0.05, 0.1) is 5.69 Å². The maximum Gasteiger partial charge on any atom is 0.274 e. The average molecular weight is 411 g/mol. The second-order valence-corrected chi connectivity index (χ2v) is 7.76. The highest BCUT2D eigenvalue weighted by Crippen LogP contribution is 2.35. The number of aryl methyl sites for hydroxylation is 3. The zero-order valence-corrected chi connectivity index (χ0v) is 17.4. The molecular weight excluding hydrogens is 390 g/mol. The summed E-state index contributed by atoms with van der Waals surface area (Å²) in [5, 5.41) is 0.748. The molecule has 0 saturated heterocycles. The van der Waals surface area contributed by atoms with Crippen LogP contribution in [0.4, 0.5) is 0 Å². The third-order valence-corrected chi connectivity index (χ3v) is 5.53. The van der Waals surface area contributed by atoms with E-state index >= 15 is 0 Å². The average Bonchev–Trinajstić information content (AvgIpc) is 3.40. The summed E-state index contributed by atoms with van der Waals surface area (Å²) >= 11 is 0. The van der Waals surface area contributed by atoms with Crippen molar-refractivity contribution in [1.29, 1.82) is 0 Å². The van der Waals surface area contributed by atoms with Crippen LogP contribution in [-0.2, 0) is 14.1 Å². The molecule has 0 fully saturated rings. The van der Waals surface area contributed by atoms with Gasteiger partial charge < -0.3 is 19.1 Å². The monoisotopic (exact) mass is 411 g/mol. The molecule has 4 heterocycles. The Balaban J connectivity index is 1.85. The molecule has 0 saturated carbocycles. The van der Waals surface area contributed by atoms with Crippen molar-refractivity contribution in [3.63, 3.8) is 0 Å². The van der Waals surface area contributed by atoms with Gasteiger partial charge in [0.15, 0.2) is 5.82 Å². The molecule has 0 aliphatic carbocycles. The normalized spacial score (nSPS) is 11.3. The Hall–Kier alpha value is -4.13. The van der Waals surface area contributed by atoms with Gasteiger partial charge in [-0.05, 0) is 24.1 Å². The first-order valence-electron chi connectivity index (χ1n) is 9.93. The van der Waals surface area contributed by atoms with Gasteiger partial charge in [0.2, 0.25) is 0 Å². The predicted octanol–water partition coefficient (Wildman–Crippen LogP) is 3.60. The molecule has 0 aliphatic rings. The SMILES string of the molecule is Cc1cnc(-c2cc3c(-c4cc(=O)n(C)cc4-c4ccccc4)cn(C)c(=O)c3[nH]2)[nH]1. The molecule has 0 radical (unpaired) electrons. The number of pyridine rings is 2. The minimum atomic E-state index is -0.140. The number of nitrogens with zero attached hydrogens (tertiary/aromatic N) is 3. The van der Waals surface area contributed by atoms with Crippen LogP contribution in [0.1, 0.15) is 5.69 Å². The van der Waals surface area contributed by atoms with Crippen molar-refractivity contribution in [2.45, 2.75) is 6.92 Å². The maximum atomic E-state index is 12.9. The number of hydrogen-bond donors (Lipinski definition) is 2. The molecule has 7 nitrogen and oxygen atoms in total. The fourth-order valence-corrected chi connectivity index (χ4v) is 3.93. The number of nitrogens with one attached hydrogen (secondary N) is 2. The summed E-state index contributed by atoms with van der Waals surface area (Å²) in [5.41, 5.74) is 5.36. The van der Waals surface area contributed by atoms with Crippen LogP contribution in [0, 0.1) is 6.92 Å². The lowest BCUT2D eigenvalue weighted by molar-refractivity contribution is 0.860. The Morgan fingerprint density at radius 2 is 1.61 bits per heavy atom. The first-order chi connectivity index (χ1) is 14.9. The van der Waals surface area contributed by atoms with Gasteiger partial charge in [0.1, 0.15) is 5.52 Å². The first-order valence-corrected chi connectivity index (χ1v) is 9.93. The highest BCUT2D eigenvalue weighted by atomic mass is 16.1. The van der Waals surface area contributed by atoms with E-state index in [1.165, 1.54) is 4.57 Å². The Morgan fingerprint density at radius 1 is 0.871 bits per heavy atom. The molecule has 0 amide bonds. The molecule has 7 heteroatoms. The van der Waals surface area contributed by atoms with Crippen LogP contribution in [0.5, 0.6) is 0 Å². The zero-order chi connectivity index (χ0) is 21.7. The number of fused-ring (bicyclic) bond motifs is 1. The number of H-pyrrole nitrogens is 2. The first kappa shape index (κ1) is 18.9. The Morgan fingerprint density at radius 3 is 2.32 bits per heavy atom. The highest BCUT2D eigenvalue weighted by molar-refractivity contribution is 6.00. The van der Waals surface area contributed by atoms with Gasteiger partial charge in [0, 0.05) is 61.0 Å². The van der Waals surface area contributed by atoms with E-state index in [-0.39, 0.29) is 11.1 Å². The predicted molar refractivity (Wildman–Crippen MR) is 122 cm³/mol. The van der Waals surface area contributed by atoms with Crippen molar-refractivity contribution in [2.24, 2.45) is 14.1 Å². The summed E-state index contributed by atoms with van der Waals surface area (Å²) in [7, 11) is 3.45. The smallest absolute Gasteiger partial charge is 0.274 e. The van der Waals surface area contributed by atoms with Crippen molar-refractivity contribution in [1.82, 2.24) is 24.1 Å². The van der Waals surface area contributed by atoms with Gasteiger partial charge in [-0.15, -0.1) is 0 Å². The van der Waals surface area contributed by atoms with Crippen LogP contribution >= 0.6 is 0 Å². The molecule has 1 aromatic carbocycles. The number of benzene rings is 1. The fourth-order valence-electron chi connectivity index (χ4n) is 3.93. The largest absolute Gasteiger partial charge is 0.347 e. The van der Waals surface area contributed by atoms with Crippen molar-refractivity contribution in [3.8, 4) is 33.8 Å². The standard InChI is InChI=1S/C24H21N5O2/c1-14-11-25-23(26-14)20-9-17-19(13-29(3)24(31)22(17)27-20)16-10-21(30)28(2)12-18(16)15-7-5-4-6-8-15/h4-13,27H,1-3H3,(H,25,26). The lowest BCUT2D eigenvalue weighted by atomic mass is 9.95. The minimum Gasteiger partial charge on any atom is -0.347 e. The molecule has 5 rings (SSSR count). The van der Waals surface area contributed by atoms with E-state index in [1.807, 2.05) is 49.5 Å². The van der Waals surface area contributed by atoms with Crippen LogP contribution in [0.3, 0.4) is 0 Å². The van der Waals surface area contributed by atoms with E-state index in [0.717, 1.165) is 39.0 Å². The summed E-state index contributed by atoms with van der Waals surface area (Å²) in [6.07, 6.45) is 5.37. The van der Waals surface area contributed by atoms with E-state index in [0.29, 0.717) is 11.3 Å². The van der Waals surface area contributed by atoms with E-state index in [9.17, 15) is 9.59 Å². The second-order valence-electron chi connectivity index (χ2n) is 7.76. The molecule has 0 atom stereocenters. The van der Waals surface area contributed by atoms with Gasteiger partial charge in [-0.2, -0.15) is 0 Å². The topological polar surface area (TPSA) is 88.5 Å². The molecule has 0 spiro atoms. The van der Waals surface area contributed by atoms with E-state index in [4.69, 9.17) is 0 Å². The van der Waals surface area contributed by atoms with Gasteiger partial charge in [-0.3, -0.25) is 9.59 Å². The fraction of sp³-hybridized carbons (Fsp3) is 0.125. The number of aromatic nitrogens is 5. The van der Waals surface area contributed by atoms with Crippen LogP contribution in [0.25, 0.3) is 44.7 Å². The molecule has 31 heavy (non-hydrogen) atoms. The summed E-state index contributed by atoms with van der Waals surface area (Å²) in [5.74, 6) is 0.661. The summed E-state index contributed by atoms with van der Waals surface area (Å²) < 4.78 is 3.11. The number of aromatic amines is 2. The highest BCUT2D eigenvalue weighted by Gasteiger charge is 2.18. The van der Waals surface area contributed by atoms with Crippen LogP contribution in [0.15, 0.2) is 70.6 Å². The zero-order valence-electron chi connectivity index (χ0n) is 17.4. The van der Waals surface area contributed by atoms with Crippen molar-refractivity contribution >= 4 is 10.9 Å². The van der Waals surface area contributed by atoms with E-state index in [1.54, 1.807) is 37.1 Å². The van der Waals surface area contributed by atoms with Crippen molar-refractivity contribution in [3.05, 3.63) is 87.5 Å². The summed E-state index contributed by atoms with van der Waals surface area (Å²) in [6.45, 7) is 1.93. The molecule has 2 N–H and O–H groups in total. The Labute approximate surface area is 177 Å². The Kier molecular flexibility index (Phi) is 4.25. The molecular formula is C24H21N5O2. The molecule has 4 aromatic heterocycles. The minimum absolute atomic E-state index is 0.117. The van der Waals surface area contributed by atoms with Gasteiger partial charge in [0.25, 0.3) is 11.1 Å². The molecule has 154 valence electrons. The van der Waals surface area contributed by atoms with E-state index in [2.05, 4.69) is 15.0 Å². The van der Waals surface area contributed by atoms with E-state index < -0.39 is 0 Å².